The highest BCUT2D eigenvalue weighted by molar-refractivity contribution is 5.83. The van der Waals surface area contributed by atoms with Gasteiger partial charge >= 0.3 is 5.97 Å². The first kappa shape index (κ1) is 11.5. The molecule has 2 rings (SSSR count). The molecule has 0 amide bonds. The van der Waals surface area contributed by atoms with Crippen LogP contribution < -0.4 is 5.73 Å². The maximum Gasteiger partial charge on any atom is 0.321 e. The zero-order valence-corrected chi connectivity index (χ0v) is 9.50. The first-order valence-electron chi connectivity index (χ1n) is 5.43. The van der Waals surface area contributed by atoms with Gasteiger partial charge in [-0.05, 0) is 11.6 Å². The Hall–Kier alpha value is -1.94. The number of pyridine rings is 1. The zero-order valence-electron chi connectivity index (χ0n) is 9.50. The first-order valence-corrected chi connectivity index (χ1v) is 5.43. The van der Waals surface area contributed by atoms with Gasteiger partial charge in [-0.3, -0.25) is 9.78 Å². The maximum absolute atomic E-state index is 10.9. The Bertz CT molecular complexity index is 549. The number of rotatable bonds is 3. The van der Waals surface area contributed by atoms with Crippen LogP contribution in [0.4, 0.5) is 0 Å². The van der Waals surface area contributed by atoms with E-state index in [1.807, 2.05) is 37.3 Å². The second kappa shape index (κ2) is 4.51. The van der Waals surface area contributed by atoms with Gasteiger partial charge in [-0.15, -0.1) is 0 Å². The molecule has 1 aromatic carbocycles. The molecule has 3 N–H and O–H groups in total. The van der Waals surface area contributed by atoms with Gasteiger partial charge in [0.1, 0.15) is 6.04 Å². The lowest BCUT2D eigenvalue weighted by molar-refractivity contribution is -0.138. The van der Waals surface area contributed by atoms with Crippen molar-refractivity contribution in [2.75, 3.05) is 0 Å². The summed E-state index contributed by atoms with van der Waals surface area (Å²) < 4.78 is 0. The van der Waals surface area contributed by atoms with Crippen LogP contribution in [-0.2, 0) is 4.79 Å². The first-order chi connectivity index (χ1) is 8.11. The topological polar surface area (TPSA) is 76.2 Å². The SMILES string of the molecule is CC(c1cccc2cccnc12)C(N)C(=O)O. The average molecular weight is 230 g/mol. The van der Waals surface area contributed by atoms with Gasteiger partial charge in [0.2, 0.25) is 0 Å². The third kappa shape index (κ3) is 2.12. The van der Waals surface area contributed by atoms with Crippen molar-refractivity contribution in [3.8, 4) is 0 Å². The highest BCUT2D eigenvalue weighted by Gasteiger charge is 2.23. The summed E-state index contributed by atoms with van der Waals surface area (Å²) in [5, 5.41) is 9.94. The Morgan fingerprint density at radius 3 is 2.76 bits per heavy atom. The van der Waals surface area contributed by atoms with E-state index in [1.54, 1.807) is 6.20 Å². The number of carboxylic acid groups (broad SMARTS) is 1. The van der Waals surface area contributed by atoms with E-state index < -0.39 is 12.0 Å². The lowest BCUT2D eigenvalue weighted by atomic mass is 9.92. The lowest BCUT2D eigenvalue weighted by Crippen LogP contribution is -2.35. The van der Waals surface area contributed by atoms with Gasteiger partial charge in [-0.1, -0.05) is 31.2 Å². The highest BCUT2D eigenvalue weighted by Crippen LogP contribution is 2.25. The van der Waals surface area contributed by atoms with Gasteiger partial charge in [0.15, 0.2) is 0 Å². The summed E-state index contributed by atoms with van der Waals surface area (Å²) >= 11 is 0. The van der Waals surface area contributed by atoms with E-state index >= 15 is 0 Å². The molecule has 4 heteroatoms. The van der Waals surface area contributed by atoms with Gasteiger partial charge in [0.25, 0.3) is 0 Å². The van der Waals surface area contributed by atoms with Gasteiger partial charge in [-0.25, -0.2) is 0 Å². The van der Waals surface area contributed by atoms with Crippen molar-refractivity contribution >= 4 is 16.9 Å². The molecule has 2 unspecified atom stereocenters. The molecule has 0 saturated heterocycles. The lowest BCUT2D eigenvalue weighted by Gasteiger charge is -2.17. The van der Waals surface area contributed by atoms with Crippen LogP contribution in [0.1, 0.15) is 18.4 Å². The molecule has 1 heterocycles. The Morgan fingerprint density at radius 2 is 2.06 bits per heavy atom. The van der Waals surface area contributed by atoms with Crippen LogP contribution >= 0.6 is 0 Å². The number of para-hydroxylation sites is 1. The van der Waals surface area contributed by atoms with Crippen LogP contribution in [-0.4, -0.2) is 22.1 Å². The monoisotopic (exact) mass is 230 g/mol. The van der Waals surface area contributed by atoms with Crippen LogP contribution in [0.5, 0.6) is 0 Å². The fourth-order valence-corrected chi connectivity index (χ4v) is 1.90. The second-order valence-electron chi connectivity index (χ2n) is 4.08. The number of nitrogens with two attached hydrogens (primary N) is 1. The minimum absolute atomic E-state index is 0.272. The standard InChI is InChI=1S/C13H14N2O2/c1-8(11(14)13(16)17)10-6-2-4-9-5-3-7-15-12(9)10/h2-8,11H,14H2,1H3,(H,16,17). The van der Waals surface area contributed by atoms with Crippen molar-refractivity contribution in [2.45, 2.75) is 18.9 Å². The number of benzene rings is 1. The molecule has 0 aliphatic heterocycles. The van der Waals surface area contributed by atoms with E-state index in [4.69, 9.17) is 10.8 Å². The third-order valence-corrected chi connectivity index (χ3v) is 2.98. The summed E-state index contributed by atoms with van der Waals surface area (Å²) in [5.41, 5.74) is 7.35. The molecule has 4 nitrogen and oxygen atoms in total. The summed E-state index contributed by atoms with van der Waals surface area (Å²) in [4.78, 5) is 15.2. The summed E-state index contributed by atoms with van der Waals surface area (Å²) in [5.74, 6) is -1.27. The van der Waals surface area contributed by atoms with Crippen LogP contribution in [0.15, 0.2) is 36.5 Å². The number of fused-ring (bicyclic) bond motifs is 1. The van der Waals surface area contributed by atoms with Crippen molar-refractivity contribution in [3.63, 3.8) is 0 Å². The molecule has 0 bridgehead atoms. The van der Waals surface area contributed by atoms with E-state index in [2.05, 4.69) is 4.98 Å². The van der Waals surface area contributed by atoms with Crippen molar-refractivity contribution < 1.29 is 9.90 Å². The molecule has 0 fully saturated rings. The number of aliphatic carboxylic acids is 1. The van der Waals surface area contributed by atoms with Crippen LogP contribution in [0, 0.1) is 0 Å². The highest BCUT2D eigenvalue weighted by atomic mass is 16.4. The zero-order chi connectivity index (χ0) is 12.4. The van der Waals surface area contributed by atoms with E-state index in [0.717, 1.165) is 16.5 Å². The minimum atomic E-state index is -0.995. The molecule has 0 aliphatic carbocycles. The second-order valence-corrected chi connectivity index (χ2v) is 4.08. The molecule has 2 atom stereocenters. The van der Waals surface area contributed by atoms with E-state index in [0.29, 0.717) is 0 Å². The maximum atomic E-state index is 10.9. The number of hydrogen-bond donors (Lipinski definition) is 2. The fraction of sp³-hybridized carbons (Fsp3) is 0.231. The van der Waals surface area contributed by atoms with Crippen molar-refractivity contribution in [1.29, 1.82) is 0 Å². The molecule has 0 aliphatic rings. The Morgan fingerprint density at radius 1 is 1.35 bits per heavy atom. The molecule has 2 aromatic rings. The molecule has 0 radical (unpaired) electrons. The molecule has 1 aromatic heterocycles. The Kier molecular flexibility index (Phi) is 3.06. The minimum Gasteiger partial charge on any atom is -0.480 e. The quantitative estimate of drug-likeness (QED) is 0.842. The van der Waals surface area contributed by atoms with Crippen LogP contribution in [0.3, 0.4) is 0 Å². The predicted molar refractivity (Wildman–Crippen MR) is 65.8 cm³/mol. The number of nitrogens with zero attached hydrogens (tertiary/aromatic N) is 1. The van der Waals surface area contributed by atoms with E-state index in [9.17, 15) is 4.79 Å². The van der Waals surface area contributed by atoms with E-state index in [-0.39, 0.29) is 5.92 Å². The summed E-state index contributed by atoms with van der Waals surface area (Å²) in [7, 11) is 0. The molecule has 0 saturated carbocycles. The van der Waals surface area contributed by atoms with Crippen molar-refractivity contribution in [1.82, 2.24) is 4.98 Å². The smallest absolute Gasteiger partial charge is 0.321 e. The van der Waals surface area contributed by atoms with Crippen molar-refractivity contribution in [3.05, 3.63) is 42.1 Å². The third-order valence-electron chi connectivity index (χ3n) is 2.98. The molecule has 88 valence electrons. The average Bonchev–Trinajstić information content (AvgIpc) is 2.36. The molecular formula is C13H14N2O2. The van der Waals surface area contributed by atoms with Gasteiger partial charge in [0, 0.05) is 17.5 Å². The summed E-state index contributed by atoms with van der Waals surface area (Å²) in [6, 6.07) is 8.61. The number of carbonyl (C=O) groups is 1. The van der Waals surface area contributed by atoms with E-state index in [1.165, 1.54) is 0 Å². The molecule has 17 heavy (non-hydrogen) atoms. The predicted octanol–water partition coefficient (Wildman–Crippen LogP) is 1.75. The largest absolute Gasteiger partial charge is 0.480 e. The molecular weight excluding hydrogens is 216 g/mol. The van der Waals surface area contributed by atoms with Gasteiger partial charge in [0.05, 0.1) is 5.52 Å². The Balaban J connectivity index is 2.52. The van der Waals surface area contributed by atoms with Crippen LogP contribution in [0.25, 0.3) is 10.9 Å². The van der Waals surface area contributed by atoms with Crippen LogP contribution in [0.2, 0.25) is 0 Å². The Labute approximate surface area is 99.1 Å². The number of carboxylic acids is 1. The normalized spacial score (nSPS) is 14.5. The summed E-state index contributed by atoms with van der Waals surface area (Å²) in [6.45, 7) is 1.81. The van der Waals surface area contributed by atoms with Gasteiger partial charge in [-0.2, -0.15) is 0 Å². The number of aromatic nitrogens is 1. The van der Waals surface area contributed by atoms with Crippen molar-refractivity contribution in [2.24, 2.45) is 5.73 Å². The molecule has 0 spiro atoms. The van der Waals surface area contributed by atoms with Gasteiger partial charge < -0.3 is 10.8 Å². The number of hydrogen-bond acceptors (Lipinski definition) is 3. The fourth-order valence-electron chi connectivity index (χ4n) is 1.90. The summed E-state index contributed by atoms with van der Waals surface area (Å²) in [6.07, 6.45) is 1.70.